The van der Waals surface area contributed by atoms with Crippen LogP contribution in [0.2, 0.25) is 0 Å². The molecule has 1 aromatic carbocycles. The second-order valence-electron chi connectivity index (χ2n) is 7.02. The summed E-state index contributed by atoms with van der Waals surface area (Å²) in [4.78, 5) is 27.0. The van der Waals surface area contributed by atoms with Gasteiger partial charge in [0, 0.05) is 18.8 Å². The third-order valence-corrected chi connectivity index (χ3v) is 4.30. The van der Waals surface area contributed by atoms with Gasteiger partial charge in [-0.1, -0.05) is 6.92 Å². The van der Waals surface area contributed by atoms with Gasteiger partial charge in [-0.15, -0.1) is 13.2 Å². The van der Waals surface area contributed by atoms with Crippen LogP contribution in [0.4, 0.5) is 18.9 Å². The number of hydrogen-bond donors (Lipinski definition) is 2. The van der Waals surface area contributed by atoms with Gasteiger partial charge in [-0.25, -0.2) is 0 Å². The summed E-state index contributed by atoms with van der Waals surface area (Å²) in [5.41, 5.74) is 0.360. The van der Waals surface area contributed by atoms with E-state index in [0.717, 1.165) is 43.0 Å². The molecule has 0 saturated carbocycles. The fraction of sp³-hybridized carbons (Fsp3) is 0.556. The standard InChI is InChI=1S/C18H24F3N3O3/c1-13-4-3-9-24(10-13)17(26)12-23(2)11-16(25)22-14-5-7-15(8-6-14)27-18(19,20)21/h5-8,13H,3-4,9-12H2,1-2H3,(H,22,25)/p+1/t13-/m1/s1. The van der Waals surface area contributed by atoms with Crippen molar-refractivity contribution >= 4 is 17.5 Å². The summed E-state index contributed by atoms with van der Waals surface area (Å²) in [6, 6.07) is 4.91. The SMILES string of the molecule is C[C@@H]1CCCN(C(=O)C[NH+](C)CC(=O)Nc2ccc(OC(F)(F)F)cc2)C1. The van der Waals surface area contributed by atoms with E-state index >= 15 is 0 Å². The molecule has 6 nitrogen and oxygen atoms in total. The molecule has 0 bridgehead atoms. The lowest BCUT2D eigenvalue weighted by Gasteiger charge is -2.31. The van der Waals surface area contributed by atoms with E-state index in [2.05, 4.69) is 17.0 Å². The Morgan fingerprint density at radius 1 is 1.26 bits per heavy atom. The summed E-state index contributed by atoms with van der Waals surface area (Å²) in [5.74, 6) is -0.155. The van der Waals surface area contributed by atoms with E-state index in [0.29, 0.717) is 11.6 Å². The Morgan fingerprint density at radius 2 is 1.93 bits per heavy atom. The monoisotopic (exact) mass is 388 g/mol. The maximum absolute atomic E-state index is 12.3. The number of hydrogen-bond acceptors (Lipinski definition) is 3. The van der Waals surface area contributed by atoms with Crippen LogP contribution in [-0.4, -0.2) is 56.3 Å². The zero-order valence-corrected chi connectivity index (χ0v) is 15.4. The predicted octanol–water partition coefficient (Wildman–Crippen LogP) is 1.30. The first-order valence-electron chi connectivity index (χ1n) is 8.87. The molecule has 9 heteroatoms. The van der Waals surface area contributed by atoms with Crippen molar-refractivity contribution in [3.63, 3.8) is 0 Å². The molecule has 2 atom stereocenters. The van der Waals surface area contributed by atoms with Crippen molar-refractivity contribution < 1.29 is 32.4 Å². The highest BCUT2D eigenvalue weighted by molar-refractivity contribution is 5.91. The summed E-state index contributed by atoms with van der Waals surface area (Å²) >= 11 is 0. The zero-order valence-electron chi connectivity index (χ0n) is 15.4. The first kappa shape index (κ1) is 21.0. The minimum atomic E-state index is -4.75. The number of benzene rings is 1. The number of rotatable bonds is 6. The number of likely N-dealkylation sites (tertiary alicyclic amines) is 1. The summed E-state index contributed by atoms with van der Waals surface area (Å²) in [6.45, 7) is 3.93. The highest BCUT2D eigenvalue weighted by Crippen LogP contribution is 2.23. The Hall–Kier alpha value is -2.29. The Labute approximate surface area is 156 Å². The largest absolute Gasteiger partial charge is 0.573 e. The molecule has 2 rings (SSSR count). The average Bonchev–Trinajstić information content (AvgIpc) is 2.55. The second kappa shape index (κ2) is 9.07. The van der Waals surface area contributed by atoms with E-state index in [1.807, 2.05) is 4.90 Å². The van der Waals surface area contributed by atoms with Crippen LogP contribution in [0.5, 0.6) is 5.75 Å². The Morgan fingerprint density at radius 3 is 2.52 bits per heavy atom. The van der Waals surface area contributed by atoms with Crippen LogP contribution >= 0.6 is 0 Å². The molecule has 1 saturated heterocycles. The van der Waals surface area contributed by atoms with E-state index in [9.17, 15) is 22.8 Å². The van der Waals surface area contributed by atoms with Crippen LogP contribution in [0.15, 0.2) is 24.3 Å². The van der Waals surface area contributed by atoms with Crippen LogP contribution in [0.25, 0.3) is 0 Å². The van der Waals surface area contributed by atoms with Crippen molar-refractivity contribution in [3.8, 4) is 5.75 Å². The molecule has 1 fully saturated rings. The normalized spacial score (nSPS) is 18.7. The maximum atomic E-state index is 12.3. The third-order valence-electron chi connectivity index (χ3n) is 4.30. The van der Waals surface area contributed by atoms with Gasteiger partial charge >= 0.3 is 6.36 Å². The lowest BCUT2D eigenvalue weighted by molar-refractivity contribution is -0.862. The van der Waals surface area contributed by atoms with Gasteiger partial charge < -0.3 is 19.9 Å². The minimum Gasteiger partial charge on any atom is -0.406 e. The Balaban J connectivity index is 1.78. The molecular weight excluding hydrogens is 363 g/mol. The van der Waals surface area contributed by atoms with Crippen LogP contribution in [-0.2, 0) is 9.59 Å². The molecule has 150 valence electrons. The molecular formula is C18H25F3N3O3+. The molecule has 1 aliphatic heterocycles. The van der Waals surface area contributed by atoms with Gasteiger partial charge in [0.25, 0.3) is 11.8 Å². The van der Waals surface area contributed by atoms with Crippen molar-refractivity contribution in [1.29, 1.82) is 0 Å². The van der Waals surface area contributed by atoms with Crippen molar-refractivity contribution in [2.24, 2.45) is 5.92 Å². The number of carbonyl (C=O) groups excluding carboxylic acids is 2. The lowest BCUT2D eigenvalue weighted by Crippen LogP contribution is -3.11. The van der Waals surface area contributed by atoms with E-state index in [1.54, 1.807) is 7.05 Å². The van der Waals surface area contributed by atoms with Gasteiger partial charge in [-0.2, -0.15) is 0 Å². The van der Waals surface area contributed by atoms with Gasteiger partial charge in [0.1, 0.15) is 5.75 Å². The van der Waals surface area contributed by atoms with E-state index in [4.69, 9.17) is 0 Å². The Kier molecular flexibility index (Phi) is 7.06. The van der Waals surface area contributed by atoms with Gasteiger partial charge in [-0.3, -0.25) is 9.59 Å². The van der Waals surface area contributed by atoms with Crippen LogP contribution in [0.3, 0.4) is 0 Å². The van der Waals surface area contributed by atoms with E-state index in [1.165, 1.54) is 12.1 Å². The molecule has 1 aromatic rings. The van der Waals surface area contributed by atoms with Crippen molar-refractivity contribution in [3.05, 3.63) is 24.3 Å². The summed E-state index contributed by atoms with van der Waals surface area (Å²) < 4.78 is 40.2. The van der Waals surface area contributed by atoms with Gasteiger partial charge in [0.05, 0.1) is 7.05 Å². The number of alkyl halides is 3. The number of nitrogens with one attached hydrogen (secondary N) is 2. The topological polar surface area (TPSA) is 63.1 Å². The minimum absolute atomic E-state index is 0.0282. The molecule has 0 radical (unpaired) electrons. The number of likely N-dealkylation sites (N-methyl/N-ethyl adjacent to an activating group) is 1. The van der Waals surface area contributed by atoms with E-state index < -0.39 is 6.36 Å². The quantitative estimate of drug-likeness (QED) is 0.772. The molecule has 1 aliphatic rings. The van der Waals surface area contributed by atoms with Gasteiger partial charge in [-0.05, 0) is 43.0 Å². The molecule has 1 unspecified atom stereocenters. The molecule has 2 amide bonds. The fourth-order valence-corrected chi connectivity index (χ4v) is 3.07. The summed E-state index contributed by atoms with van der Waals surface area (Å²) in [5, 5.41) is 2.60. The van der Waals surface area contributed by atoms with Gasteiger partial charge in [0.2, 0.25) is 0 Å². The summed E-state index contributed by atoms with van der Waals surface area (Å²) in [7, 11) is 1.76. The van der Waals surface area contributed by atoms with Gasteiger partial charge in [0.15, 0.2) is 13.1 Å². The number of ether oxygens (including phenoxy) is 1. The highest BCUT2D eigenvalue weighted by atomic mass is 19.4. The molecule has 2 N–H and O–H groups in total. The smallest absolute Gasteiger partial charge is 0.406 e. The molecule has 1 heterocycles. The molecule has 0 aromatic heterocycles. The van der Waals surface area contributed by atoms with Crippen LogP contribution in [0, 0.1) is 5.92 Å². The average molecular weight is 388 g/mol. The number of carbonyl (C=O) groups is 2. The maximum Gasteiger partial charge on any atom is 0.573 e. The molecule has 0 spiro atoms. The van der Waals surface area contributed by atoms with Crippen LogP contribution < -0.4 is 15.0 Å². The lowest BCUT2D eigenvalue weighted by atomic mass is 10.0. The second-order valence-corrected chi connectivity index (χ2v) is 7.02. The number of anilines is 1. The van der Waals surface area contributed by atoms with Crippen molar-refractivity contribution in [2.75, 3.05) is 38.5 Å². The Bertz CT molecular complexity index is 649. The first-order valence-corrected chi connectivity index (χ1v) is 8.87. The van der Waals surface area contributed by atoms with Crippen molar-refractivity contribution in [1.82, 2.24) is 4.90 Å². The number of nitrogens with zero attached hydrogens (tertiary/aromatic N) is 1. The predicted molar refractivity (Wildman–Crippen MR) is 93.4 cm³/mol. The number of halogens is 3. The van der Waals surface area contributed by atoms with Crippen molar-refractivity contribution in [2.45, 2.75) is 26.1 Å². The highest BCUT2D eigenvalue weighted by Gasteiger charge is 2.31. The number of amides is 2. The number of quaternary nitrogens is 1. The fourth-order valence-electron chi connectivity index (χ4n) is 3.07. The van der Waals surface area contributed by atoms with E-state index in [-0.39, 0.29) is 30.7 Å². The summed E-state index contributed by atoms with van der Waals surface area (Å²) in [6.07, 6.45) is -2.63. The number of piperidine rings is 1. The molecule has 27 heavy (non-hydrogen) atoms. The van der Waals surface area contributed by atoms with Crippen LogP contribution in [0.1, 0.15) is 19.8 Å². The third kappa shape index (κ3) is 7.46. The molecule has 0 aliphatic carbocycles. The zero-order chi connectivity index (χ0) is 20.0. The first-order chi connectivity index (χ1) is 12.6.